The van der Waals surface area contributed by atoms with Crippen LogP contribution < -0.4 is 10.1 Å². The first kappa shape index (κ1) is 25.5. The Balaban J connectivity index is 1.74. The quantitative estimate of drug-likeness (QED) is 0.267. The molecular formula is C25H28Cl2N2O3S. The molecule has 176 valence electrons. The molecule has 1 amide bonds. The number of unbranched alkanes of at least 4 members (excludes halogenated alkanes) is 3. The molecule has 1 atom stereocenters. The van der Waals surface area contributed by atoms with Crippen molar-refractivity contribution in [2.24, 2.45) is 0 Å². The van der Waals surface area contributed by atoms with Gasteiger partial charge in [-0.05, 0) is 37.6 Å². The Labute approximate surface area is 209 Å². The second kappa shape index (κ2) is 12.4. The number of para-hydroxylation sites is 1. The van der Waals surface area contributed by atoms with Crippen LogP contribution in [0.25, 0.3) is 11.3 Å². The number of nitrogens with one attached hydrogen (secondary N) is 1. The Bertz CT molecular complexity index is 1070. The van der Waals surface area contributed by atoms with Crippen molar-refractivity contribution in [2.45, 2.75) is 45.6 Å². The number of rotatable bonds is 11. The Morgan fingerprint density at radius 2 is 1.91 bits per heavy atom. The maximum Gasteiger partial charge on any atom is 0.257 e. The summed E-state index contributed by atoms with van der Waals surface area (Å²) in [5, 5.41) is 5.96. The molecule has 0 unspecified atom stereocenters. The molecule has 0 aliphatic heterocycles. The molecule has 3 rings (SSSR count). The minimum absolute atomic E-state index is 0.105. The van der Waals surface area contributed by atoms with Gasteiger partial charge in [0.05, 0.1) is 18.9 Å². The summed E-state index contributed by atoms with van der Waals surface area (Å²) in [6, 6.07) is 10.6. The van der Waals surface area contributed by atoms with Gasteiger partial charge in [-0.3, -0.25) is 10.1 Å². The fourth-order valence-corrected chi connectivity index (χ4v) is 4.72. The molecule has 1 aromatic heterocycles. The van der Waals surface area contributed by atoms with Gasteiger partial charge in [0.25, 0.3) is 5.91 Å². The molecule has 33 heavy (non-hydrogen) atoms. The van der Waals surface area contributed by atoms with Crippen LogP contribution in [-0.2, 0) is 4.74 Å². The summed E-state index contributed by atoms with van der Waals surface area (Å²) in [7, 11) is 1.65. The number of hydrogen-bond acceptors (Lipinski definition) is 5. The third-order valence-corrected chi connectivity index (χ3v) is 6.37. The number of nitrogens with zero attached hydrogens (tertiary/aromatic N) is 1. The molecule has 0 bridgehead atoms. The van der Waals surface area contributed by atoms with Gasteiger partial charge in [0.15, 0.2) is 5.13 Å². The van der Waals surface area contributed by atoms with Crippen molar-refractivity contribution in [1.29, 1.82) is 0 Å². The summed E-state index contributed by atoms with van der Waals surface area (Å²) < 4.78 is 11.8. The first-order valence-corrected chi connectivity index (χ1v) is 12.6. The number of halogens is 2. The number of carbonyl (C=O) groups is 1. The number of thiazole rings is 1. The first-order valence-electron chi connectivity index (χ1n) is 10.9. The van der Waals surface area contributed by atoms with Crippen LogP contribution in [-0.4, -0.2) is 24.6 Å². The molecule has 1 N–H and O–H groups in total. The van der Waals surface area contributed by atoms with Crippen LogP contribution in [0.1, 0.15) is 61.6 Å². The van der Waals surface area contributed by atoms with E-state index in [1.165, 1.54) is 30.6 Å². The number of hydrogen-bond donors (Lipinski definition) is 1. The molecular weight excluding hydrogens is 479 g/mol. The summed E-state index contributed by atoms with van der Waals surface area (Å²) in [4.78, 5) is 17.2. The highest BCUT2D eigenvalue weighted by molar-refractivity contribution is 7.14. The van der Waals surface area contributed by atoms with E-state index in [0.717, 1.165) is 29.9 Å². The minimum atomic E-state index is -0.328. The van der Waals surface area contributed by atoms with E-state index in [4.69, 9.17) is 32.7 Å². The van der Waals surface area contributed by atoms with Gasteiger partial charge >= 0.3 is 0 Å². The second-order valence-electron chi connectivity index (χ2n) is 7.65. The van der Waals surface area contributed by atoms with Gasteiger partial charge in [0, 0.05) is 38.7 Å². The molecule has 0 saturated carbocycles. The normalized spacial score (nSPS) is 11.9. The summed E-state index contributed by atoms with van der Waals surface area (Å²) in [6.07, 6.45) is 4.55. The fourth-order valence-electron chi connectivity index (χ4n) is 3.49. The molecule has 8 heteroatoms. The van der Waals surface area contributed by atoms with E-state index in [-0.39, 0.29) is 12.0 Å². The van der Waals surface area contributed by atoms with Crippen molar-refractivity contribution >= 4 is 45.6 Å². The van der Waals surface area contributed by atoms with Crippen molar-refractivity contribution in [3.63, 3.8) is 0 Å². The van der Waals surface area contributed by atoms with Crippen LogP contribution in [0.15, 0.2) is 41.8 Å². The van der Waals surface area contributed by atoms with Gasteiger partial charge in [0.1, 0.15) is 5.75 Å². The minimum Gasteiger partial charge on any atom is -0.496 e. The van der Waals surface area contributed by atoms with Crippen LogP contribution in [0.4, 0.5) is 5.13 Å². The molecule has 0 spiro atoms. The Morgan fingerprint density at radius 3 is 2.61 bits per heavy atom. The van der Waals surface area contributed by atoms with E-state index in [9.17, 15) is 4.79 Å². The van der Waals surface area contributed by atoms with Gasteiger partial charge in [-0.2, -0.15) is 0 Å². The van der Waals surface area contributed by atoms with E-state index in [1.54, 1.807) is 25.3 Å². The largest absolute Gasteiger partial charge is 0.496 e. The van der Waals surface area contributed by atoms with Crippen LogP contribution in [0.5, 0.6) is 5.75 Å². The topological polar surface area (TPSA) is 60.5 Å². The highest BCUT2D eigenvalue weighted by Gasteiger charge is 2.19. The molecule has 5 nitrogen and oxygen atoms in total. The van der Waals surface area contributed by atoms with Gasteiger partial charge < -0.3 is 9.47 Å². The number of anilines is 1. The molecule has 0 radical (unpaired) electrons. The van der Waals surface area contributed by atoms with E-state index in [2.05, 4.69) is 17.2 Å². The zero-order valence-electron chi connectivity index (χ0n) is 19.0. The van der Waals surface area contributed by atoms with Crippen molar-refractivity contribution in [1.82, 2.24) is 4.98 Å². The molecule has 0 fully saturated rings. The van der Waals surface area contributed by atoms with Crippen molar-refractivity contribution in [3.8, 4) is 17.0 Å². The smallest absolute Gasteiger partial charge is 0.257 e. The zero-order valence-corrected chi connectivity index (χ0v) is 21.3. The predicted molar refractivity (Wildman–Crippen MR) is 137 cm³/mol. The van der Waals surface area contributed by atoms with E-state index in [0.29, 0.717) is 26.4 Å². The summed E-state index contributed by atoms with van der Waals surface area (Å²) >= 11 is 13.3. The number of amides is 1. The third-order valence-electron chi connectivity index (χ3n) is 5.18. The Kier molecular flexibility index (Phi) is 9.56. The zero-order chi connectivity index (χ0) is 23.8. The summed E-state index contributed by atoms with van der Waals surface area (Å²) in [6.45, 7) is 4.95. The fraction of sp³-hybridized carbons (Fsp3) is 0.360. The summed E-state index contributed by atoms with van der Waals surface area (Å²) in [5.74, 6) is 0.398. The number of carbonyl (C=O) groups excluding carboxylic acids is 1. The van der Waals surface area contributed by atoms with Crippen molar-refractivity contribution in [3.05, 3.63) is 63.0 Å². The van der Waals surface area contributed by atoms with Crippen molar-refractivity contribution in [2.75, 3.05) is 19.0 Å². The van der Waals surface area contributed by atoms with Crippen LogP contribution in [0.2, 0.25) is 10.0 Å². The molecule has 0 aliphatic carbocycles. The van der Waals surface area contributed by atoms with E-state index in [1.807, 2.05) is 30.5 Å². The van der Waals surface area contributed by atoms with Gasteiger partial charge in [-0.1, -0.05) is 61.5 Å². The molecule has 3 aromatic rings. The molecule has 1 heterocycles. The predicted octanol–water partition coefficient (Wildman–Crippen LogP) is 8.04. The van der Waals surface area contributed by atoms with Crippen LogP contribution in [0, 0.1) is 0 Å². The highest BCUT2D eigenvalue weighted by Crippen LogP contribution is 2.38. The van der Waals surface area contributed by atoms with Gasteiger partial charge in [-0.25, -0.2) is 4.98 Å². The number of methoxy groups -OCH3 is 1. The maximum atomic E-state index is 12.6. The lowest BCUT2D eigenvalue weighted by Gasteiger charge is -2.18. The van der Waals surface area contributed by atoms with Gasteiger partial charge in [-0.15, -0.1) is 11.3 Å². The highest BCUT2D eigenvalue weighted by atomic mass is 35.5. The lowest BCUT2D eigenvalue weighted by Crippen LogP contribution is -2.11. The molecule has 2 aromatic carbocycles. The van der Waals surface area contributed by atoms with E-state index >= 15 is 0 Å². The standard InChI is InChI=1S/C25H28Cl2N2O3S/c1-4-5-6-7-11-32-16(2)20-9-8-10-21(23(20)31-3)22-15-33-25(28-22)29-24(30)17-12-18(26)14-19(27)13-17/h8-10,12-16H,4-7,11H2,1-3H3,(H,28,29,30)/t16-/m0/s1. The Hall–Kier alpha value is -2.12. The van der Waals surface area contributed by atoms with Gasteiger partial charge in [0.2, 0.25) is 0 Å². The van der Waals surface area contributed by atoms with Crippen LogP contribution in [0.3, 0.4) is 0 Å². The lowest BCUT2D eigenvalue weighted by molar-refractivity contribution is 0.0612. The lowest BCUT2D eigenvalue weighted by atomic mass is 10.0. The average molecular weight is 507 g/mol. The molecule has 0 saturated heterocycles. The second-order valence-corrected chi connectivity index (χ2v) is 9.38. The SMILES string of the molecule is CCCCCCO[C@@H](C)c1cccc(-c2csc(NC(=O)c3cc(Cl)cc(Cl)c3)n2)c1OC. The number of ether oxygens (including phenoxy) is 2. The average Bonchev–Trinajstić information content (AvgIpc) is 3.25. The number of benzene rings is 2. The third kappa shape index (κ3) is 6.93. The first-order chi connectivity index (χ1) is 15.9. The monoisotopic (exact) mass is 506 g/mol. The number of aromatic nitrogens is 1. The molecule has 0 aliphatic rings. The summed E-state index contributed by atoms with van der Waals surface area (Å²) in [5.41, 5.74) is 2.90. The van der Waals surface area contributed by atoms with Crippen molar-refractivity contribution < 1.29 is 14.3 Å². The van der Waals surface area contributed by atoms with Crippen LogP contribution >= 0.6 is 34.5 Å². The van der Waals surface area contributed by atoms with E-state index < -0.39 is 0 Å². The Morgan fingerprint density at radius 1 is 1.15 bits per heavy atom. The maximum absolute atomic E-state index is 12.6.